The molecule has 2 atom stereocenters. The number of carbonyl (C=O) groups is 4. The summed E-state index contributed by atoms with van der Waals surface area (Å²) >= 11 is 0. The number of hydrogen-bond donors (Lipinski definition) is 2. The molecule has 0 radical (unpaired) electrons. The number of unbranched alkanes of at least 4 members (excludes halogenated alkanes) is 12. The monoisotopic (exact) mass is 529 g/mol. The molecule has 0 aliphatic carbocycles. The molecule has 36 heavy (non-hydrogen) atoms. The van der Waals surface area contributed by atoms with Crippen LogP contribution < -0.4 is 5.32 Å². The van der Waals surface area contributed by atoms with Crippen LogP contribution in [0, 0.1) is 0 Å². The molecule has 0 aliphatic rings. The number of rotatable bonds is 24. The lowest BCUT2D eigenvalue weighted by Crippen LogP contribution is -2.37. The van der Waals surface area contributed by atoms with Crippen LogP contribution in [0.1, 0.15) is 123 Å². The Balaban J connectivity index is 4.15. The summed E-state index contributed by atoms with van der Waals surface area (Å²) in [5.74, 6) is -0.330. The Morgan fingerprint density at radius 1 is 0.722 bits per heavy atom. The molecule has 2 N–H and O–H groups in total. The first-order chi connectivity index (χ1) is 17.0. The third kappa shape index (κ3) is 21.0. The van der Waals surface area contributed by atoms with Crippen LogP contribution in [-0.4, -0.2) is 65.8 Å². The molecule has 8 heteroatoms. The third-order valence-electron chi connectivity index (χ3n) is 6.33. The molecule has 0 heterocycles. The van der Waals surface area contributed by atoms with E-state index in [1.54, 1.807) is 0 Å². The first-order valence-electron chi connectivity index (χ1n) is 14.1. The van der Waals surface area contributed by atoms with Crippen molar-refractivity contribution < 1.29 is 28.6 Å². The van der Waals surface area contributed by atoms with Crippen molar-refractivity contribution in [3.8, 4) is 0 Å². The Morgan fingerprint density at radius 3 is 1.64 bits per heavy atom. The summed E-state index contributed by atoms with van der Waals surface area (Å²) in [4.78, 5) is 58.9. The minimum Gasteiger partial charge on any atom is -0.360 e. The minimum atomic E-state index is -2.42. The Kier molecular flexibility index (Phi) is 20.2. The van der Waals surface area contributed by atoms with Crippen LogP contribution in [0.25, 0.3) is 0 Å². The van der Waals surface area contributed by atoms with Gasteiger partial charge < -0.3 is 14.7 Å². The fourth-order valence-electron chi connectivity index (χ4n) is 4.15. The number of nitrogens with zero attached hydrogens (tertiary/aromatic N) is 1. The van der Waals surface area contributed by atoms with Gasteiger partial charge in [0.05, 0.1) is 34.1 Å². The van der Waals surface area contributed by atoms with Gasteiger partial charge in [0.15, 0.2) is 19.2 Å². The Bertz CT molecular complexity index is 648. The van der Waals surface area contributed by atoms with Crippen molar-refractivity contribution in [3.63, 3.8) is 0 Å². The van der Waals surface area contributed by atoms with Crippen molar-refractivity contribution in [3.05, 3.63) is 0 Å². The van der Waals surface area contributed by atoms with Gasteiger partial charge in [0.2, 0.25) is 5.91 Å². The number of ketones is 1. The van der Waals surface area contributed by atoms with Crippen LogP contribution in [0.4, 0.5) is 0 Å². The Labute approximate surface area is 221 Å². The van der Waals surface area contributed by atoms with E-state index in [1.807, 2.05) is 21.1 Å². The minimum absolute atomic E-state index is 0.00301. The summed E-state index contributed by atoms with van der Waals surface area (Å²) in [5.41, 5.74) is -1.04. The summed E-state index contributed by atoms with van der Waals surface area (Å²) in [6.07, 6.45) is 16.6. The van der Waals surface area contributed by atoms with Crippen molar-refractivity contribution in [2.24, 2.45) is 0 Å². The van der Waals surface area contributed by atoms with Gasteiger partial charge in [-0.15, -0.1) is 0 Å². The van der Waals surface area contributed by atoms with E-state index in [0.717, 1.165) is 19.3 Å². The zero-order valence-electron chi connectivity index (χ0n) is 23.8. The first-order valence-corrected chi connectivity index (χ1v) is 15.4. The van der Waals surface area contributed by atoms with Gasteiger partial charge in [0, 0.05) is 32.2 Å². The van der Waals surface area contributed by atoms with E-state index in [4.69, 9.17) is 0 Å². The average molecular weight is 530 g/mol. The summed E-state index contributed by atoms with van der Waals surface area (Å²) in [7, 11) is 3.39. The lowest BCUT2D eigenvalue weighted by molar-refractivity contribution is -0.869. The molecule has 0 aromatic rings. The maximum atomic E-state index is 12.5. The molecule has 0 rings (SSSR count). The lowest BCUT2D eigenvalue weighted by Gasteiger charge is -2.23. The predicted molar refractivity (Wildman–Crippen MR) is 149 cm³/mol. The maximum Gasteiger partial charge on any atom is 0.217 e. The lowest BCUT2D eigenvalue weighted by atomic mass is 10.0. The number of nitrogens with one attached hydrogen (secondary N) is 1. The number of amides is 1. The Morgan fingerprint density at radius 2 is 1.19 bits per heavy atom. The van der Waals surface area contributed by atoms with Gasteiger partial charge in [-0.25, -0.2) is 0 Å². The van der Waals surface area contributed by atoms with Crippen LogP contribution in [0.2, 0.25) is 0 Å². The normalized spacial score (nSPS) is 13.3. The number of carbonyl (C=O) groups excluding carboxylic acids is 4. The van der Waals surface area contributed by atoms with Crippen molar-refractivity contribution in [1.29, 1.82) is 0 Å². The second-order valence-electron chi connectivity index (χ2n) is 11.2. The van der Waals surface area contributed by atoms with E-state index >= 15 is 0 Å². The molecule has 0 aliphatic heterocycles. The number of hydrogen-bond acceptors (Lipinski definition) is 5. The van der Waals surface area contributed by atoms with Gasteiger partial charge in [-0.3, -0.25) is 19.2 Å². The van der Waals surface area contributed by atoms with E-state index in [2.05, 4.69) is 12.2 Å². The molecule has 0 fully saturated rings. The predicted octanol–water partition coefficient (Wildman–Crippen LogP) is 5.86. The largest absolute Gasteiger partial charge is 0.360 e. The van der Waals surface area contributed by atoms with Crippen molar-refractivity contribution in [1.82, 2.24) is 5.32 Å². The molecule has 2 unspecified atom stereocenters. The molecular formula is C28H54N2O5P+. The molecule has 0 aromatic carbocycles. The van der Waals surface area contributed by atoms with Gasteiger partial charge in [0.1, 0.15) is 5.78 Å². The van der Waals surface area contributed by atoms with E-state index < -0.39 is 25.2 Å². The van der Waals surface area contributed by atoms with Crippen LogP contribution in [0.15, 0.2) is 0 Å². The smallest absolute Gasteiger partial charge is 0.217 e. The van der Waals surface area contributed by atoms with Gasteiger partial charge in [0.25, 0.3) is 0 Å². The van der Waals surface area contributed by atoms with Crippen molar-refractivity contribution >= 4 is 30.9 Å². The fourth-order valence-corrected chi connectivity index (χ4v) is 5.14. The molecule has 1 amide bonds. The first kappa shape index (κ1) is 34.8. The highest BCUT2D eigenvalue weighted by Crippen LogP contribution is 2.36. The molecule has 0 saturated heterocycles. The Hall–Kier alpha value is -1.17. The standard InChI is InChI=1S/C28H53N2O5P/c1-6-7-8-9-10-11-12-13-14-15-16-17-18-19-26(32)22-25(29-24(2)31)23-28(34)36(35)27(33)20-21-30(3,4)5/h25,35H,6-23H2,1-5H3/p+1. The van der Waals surface area contributed by atoms with E-state index in [9.17, 15) is 24.1 Å². The van der Waals surface area contributed by atoms with Crippen molar-refractivity contribution in [2.75, 3.05) is 27.7 Å². The van der Waals surface area contributed by atoms with Gasteiger partial charge in [-0.1, -0.05) is 84.0 Å². The molecule has 7 nitrogen and oxygen atoms in total. The van der Waals surface area contributed by atoms with E-state index in [0.29, 0.717) is 17.4 Å². The van der Waals surface area contributed by atoms with Gasteiger partial charge >= 0.3 is 0 Å². The highest BCUT2D eigenvalue weighted by atomic mass is 31.1. The molecule has 0 aromatic heterocycles. The topological polar surface area (TPSA) is 101 Å². The summed E-state index contributed by atoms with van der Waals surface area (Å²) < 4.78 is 0.561. The fraction of sp³-hybridized carbons (Fsp3) is 0.857. The van der Waals surface area contributed by atoms with Gasteiger partial charge in [-0.05, 0) is 6.42 Å². The molecular weight excluding hydrogens is 475 g/mol. The highest BCUT2D eigenvalue weighted by Gasteiger charge is 2.29. The molecule has 0 bridgehead atoms. The van der Waals surface area contributed by atoms with E-state index in [-0.39, 0.29) is 31.0 Å². The number of quaternary nitrogens is 1. The van der Waals surface area contributed by atoms with Crippen LogP contribution in [0.5, 0.6) is 0 Å². The maximum absolute atomic E-state index is 12.5. The SMILES string of the molecule is CCCCCCCCCCCCCCCC(=O)CC(CC(=O)P(O)C(=O)CC[N+](C)(C)C)NC(C)=O. The van der Waals surface area contributed by atoms with Crippen LogP contribution in [0.3, 0.4) is 0 Å². The molecule has 210 valence electrons. The number of Topliss-reactive ketones (excluding diaryl/α,β-unsaturated/α-hetero) is 1. The van der Waals surface area contributed by atoms with Gasteiger partial charge in [-0.2, -0.15) is 0 Å². The zero-order chi connectivity index (χ0) is 27.4. The molecule has 0 spiro atoms. The summed E-state index contributed by atoms with van der Waals surface area (Å²) in [6, 6.07) is -0.673. The van der Waals surface area contributed by atoms with Crippen LogP contribution in [-0.2, 0) is 19.2 Å². The zero-order valence-corrected chi connectivity index (χ0v) is 24.7. The second kappa shape index (κ2) is 20.8. The second-order valence-corrected chi connectivity index (χ2v) is 12.8. The van der Waals surface area contributed by atoms with E-state index in [1.165, 1.54) is 71.1 Å². The van der Waals surface area contributed by atoms with Crippen molar-refractivity contribution in [2.45, 2.75) is 129 Å². The summed E-state index contributed by atoms with van der Waals surface area (Å²) in [6.45, 7) is 4.11. The summed E-state index contributed by atoms with van der Waals surface area (Å²) in [5, 5.41) is 2.65. The van der Waals surface area contributed by atoms with Crippen LogP contribution >= 0.6 is 8.15 Å². The average Bonchev–Trinajstić information content (AvgIpc) is 2.78. The quantitative estimate of drug-likeness (QED) is 0.0927. The molecule has 0 saturated carbocycles. The third-order valence-corrected chi connectivity index (χ3v) is 7.68. The highest BCUT2D eigenvalue weighted by molar-refractivity contribution is 7.84.